The fraction of sp³-hybridized carbons (Fsp3) is 0.667. The van der Waals surface area contributed by atoms with Crippen molar-refractivity contribution >= 4 is 10.0 Å². The molecule has 1 aliphatic heterocycles. The maximum absolute atomic E-state index is 12.3. The average Bonchev–Trinajstić information content (AvgIpc) is 2.88. The number of sulfonamides is 1. The number of aromatic amines is 1. The summed E-state index contributed by atoms with van der Waals surface area (Å²) >= 11 is 0. The van der Waals surface area contributed by atoms with Crippen molar-refractivity contribution in [2.45, 2.75) is 43.4 Å². The van der Waals surface area contributed by atoms with E-state index in [4.69, 9.17) is 4.74 Å². The van der Waals surface area contributed by atoms with E-state index in [9.17, 15) is 8.42 Å². The molecule has 2 heterocycles. The lowest BCUT2D eigenvalue weighted by molar-refractivity contribution is 0.0957. The van der Waals surface area contributed by atoms with Crippen LogP contribution < -0.4 is 10.0 Å². The molecule has 108 valence electrons. The standard InChI is InChI=1S/C12H21N3O3S/c1-9-12(2,4-5-18-9)15-19(16,17)11-6-10(7-13-3)14-8-11/h6,8-9,13-15H,4-5,7H2,1-3H3. The van der Waals surface area contributed by atoms with Crippen LogP contribution in [-0.4, -0.2) is 38.7 Å². The Morgan fingerprint density at radius 2 is 2.32 bits per heavy atom. The van der Waals surface area contributed by atoms with Crippen molar-refractivity contribution in [1.29, 1.82) is 0 Å². The van der Waals surface area contributed by atoms with Crippen molar-refractivity contribution in [3.05, 3.63) is 18.0 Å². The van der Waals surface area contributed by atoms with Crippen LogP contribution in [-0.2, 0) is 21.3 Å². The van der Waals surface area contributed by atoms with Crippen molar-refractivity contribution in [2.75, 3.05) is 13.7 Å². The maximum atomic E-state index is 12.3. The van der Waals surface area contributed by atoms with Crippen molar-refractivity contribution in [1.82, 2.24) is 15.0 Å². The minimum atomic E-state index is -3.52. The normalized spacial score (nSPS) is 27.8. The summed E-state index contributed by atoms with van der Waals surface area (Å²) in [5.74, 6) is 0. The molecule has 0 saturated carbocycles. The van der Waals surface area contributed by atoms with E-state index in [1.807, 2.05) is 20.9 Å². The van der Waals surface area contributed by atoms with E-state index >= 15 is 0 Å². The number of H-pyrrole nitrogens is 1. The molecule has 1 aromatic heterocycles. The fourth-order valence-electron chi connectivity index (χ4n) is 2.20. The van der Waals surface area contributed by atoms with E-state index in [-0.39, 0.29) is 11.0 Å². The fourth-order valence-corrected chi connectivity index (χ4v) is 3.71. The molecular formula is C12H21N3O3S. The molecule has 0 aliphatic carbocycles. The highest BCUT2D eigenvalue weighted by Gasteiger charge is 2.40. The van der Waals surface area contributed by atoms with E-state index in [0.717, 1.165) is 5.69 Å². The number of hydrogen-bond donors (Lipinski definition) is 3. The molecule has 0 aromatic carbocycles. The van der Waals surface area contributed by atoms with E-state index < -0.39 is 15.6 Å². The van der Waals surface area contributed by atoms with Gasteiger partial charge in [0.05, 0.1) is 16.5 Å². The van der Waals surface area contributed by atoms with Gasteiger partial charge in [0.1, 0.15) is 0 Å². The SMILES string of the molecule is CNCc1cc(S(=O)(=O)NC2(C)CCOC2C)c[nH]1. The summed E-state index contributed by atoms with van der Waals surface area (Å²) in [6.45, 7) is 4.95. The average molecular weight is 287 g/mol. The smallest absolute Gasteiger partial charge is 0.242 e. The van der Waals surface area contributed by atoms with Crippen LogP contribution in [0.3, 0.4) is 0 Å². The molecule has 0 amide bonds. The molecule has 6 nitrogen and oxygen atoms in total. The first-order valence-electron chi connectivity index (χ1n) is 6.35. The summed E-state index contributed by atoms with van der Waals surface area (Å²) in [5.41, 5.74) is 0.294. The summed E-state index contributed by atoms with van der Waals surface area (Å²) in [7, 11) is -1.71. The molecule has 0 bridgehead atoms. The van der Waals surface area contributed by atoms with Crippen molar-refractivity contribution < 1.29 is 13.2 Å². The van der Waals surface area contributed by atoms with Gasteiger partial charge < -0.3 is 15.0 Å². The van der Waals surface area contributed by atoms with Crippen molar-refractivity contribution in [3.8, 4) is 0 Å². The third kappa shape index (κ3) is 3.00. The van der Waals surface area contributed by atoms with Crippen LogP contribution in [0.5, 0.6) is 0 Å². The second kappa shape index (κ2) is 5.24. The summed E-state index contributed by atoms with van der Waals surface area (Å²) in [6, 6.07) is 1.64. The van der Waals surface area contributed by atoms with Gasteiger partial charge in [-0.2, -0.15) is 0 Å². The van der Waals surface area contributed by atoms with Crippen LogP contribution in [0.25, 0.3) is 0 Å². The van der Waals surface area contributed by atoms with E-state index in [2.05, 4.69) is 15.0 Å². The number of hydrogen-bond acceptors (Lipinski definition) is 4. The first-order chi connectivity index (χ1) is 8.87. The number of rotatable bonds is 5. The maximum Gasteiger partial charge on any atom is 0.242 e. The highest BCUT2D eigenvalue weighted by molar-refractivity contribution is 7.89. The van der Waals surface area contributed by atoms with Crippen LogP contribution in [0.15, 0.2) is 17.2 Å². The summed E-state index contributed by atoms with van der Waals surface area (Å²) in [5, 5.41) is 2.97. The van der Waals surface area contributed by atoms with E-state index in [1.54, 1.807) is 6.07 Å². The monoisotopic (exact) mass is 287 g/mol. The van der Waals surface area contributed by atoms with Gasteiger partial charge in [-0.25, -0.2) is 13.1 Å². The molecule has 2 unspecified atom stereocenters. The van der Waals surface area contributed by atoms with Crippen molar-refractivity contribution in [2.24, 2.45) is 0 Å². The minimum absolute atomic E-state index is 0.127. The van der Waals surface area contributed by atoms with Crippen LogP contribution in [0.1, 0.15) is 26.0 Å². The highest BCUT2D eigenvalue weighted by atomic mass is 32.2. The van der Waals surface area contributed by atoms with Gasteiger partial charge in [-0.15, -0.1) is 0 Å². The van der Waals surface area contributed by atoms with Gasteiger partial charge in [-0.3, -0.25) is 0 Å². The highest BCUT2D eigenvalue weighted by Crippen LogP contribution is 2.27. The number of aromatic nitrogens is 1. The quantitative estimate of drug-likeness (QED) is 0.740. The Hall–Kier alpha value is -0.890. The largest absolute Gasteiger partial charge is 0.376 e. The Kier molecular flexibility index (Phi) is 4.00. The molecule has 3 N–H and O–H groups in total. The van der Waals surface area contributed by atoms with Gasteiger partial charge in [-0.1, -0.05) is 0 Å². The predicted octanol–water partition coefficient (Wildman–Crippen LogP) is 0.580. The molecule has 0 radical (unpaired) electrons. The van der Waals surface area contributed by atoms with Gasteiger partial charge in [0, 0.05) is 25.0 Å². The lowest BCUT2D eigenvalue weighted by atomic mass is 9.97. The zero-order chi connectivity index (χ0) is 14.1. The van der Waals surface area contributed by atoms with Gasteiger partial charge in [0.15, 0.2) is 0 Å². The molecule has 1 aliphatic rings. The third-order valence-electron chi connectivity index (χ3n) is 3.65. The third-order valence-corrected chi connectivity index (χ3v) is 5.24. The topological polar surface area (TPSA) is 83.2 Å². The molecule has 19 heavy (non-hydrogen) atoms. The number of ether oxygens (including phenoxy) is 1. The lowest BCUT2D eigenvalue weighted by Crippen LogP contribution is -2.50. The Labute approximate surface area is 114 Å². The number of nitrogens with one attached hydrogen (secondary N) is 3. The van der Waals surface area contributed by atoms with E-state index in [1.165, 1.54) is 6.20 Å². The molecule has 7 heteroatoms. The van der Waals surface area contributed by atoms with Crippen LogP contribution in [0, 0.1) is 0 Å². The van der Waals surface area contributed by atoms with Gasteiger partial charge in [-0.05, 0) is 33.4 Å². The Bertz CT molecular complexity index is 540. The Morgan fingerprint density at radius 1 is 1.58 bits per heavy atom. The predicted molar refractivity (Wildman–Crippen MR) is 72.3 cm³/mol. The van der Waals surface area contributed by atoms with Gasteiger partial charge in [0.2, 0.25) is 10.0 Å². The second-order valence-electron chi connectivity index (χ2n) is 5.18. The lowest BCUT2D eigenvalue weighted by Gasteiger charge is -2.28. The summed E-state index contributed by atoms with van der Waals surface area (Å²) in [6.07, 6.45) is 2.07. The molecule has 2 atom stereocenters. The molecule has 0 spiro atoms. The van der Waals surface area contributed by atoms with Crippen LogP contribution in [0.2, 0.25) is 0 Å². The molecular weight excluding hydrogens is 266 g/mol. The van der Waals surface area contributed by atoms with Crippen LogP contribution >= 0.6 is 0 Å². The zero-order valence-electron chi connectivity index (χ0n) is 11.5. The Morgan fingerprint density at radius 3 is 2.89 bits per heavy atom. The molecule has 2 rings (SSSR count). The summed E-state index contributed by atoms with van der Waals surface area (Å²) < 4.78 is 32.9. The second-order valence-corrected chi connectivity index (χ2v) is 6.86. The zero-order valence-corrected chi connectivity index (χ0v) is 12.3. The minimum Gasteiger partial charge on any atom is -0.376 e. The van der Waals surface area contributed by atoms with Gasteiger partial charge >= 0.3 is 0 Å². The van der Waals surface area contributed by atoms with Crippen LogP contribution in [0.4, 0.5) is 0 Å². The molecule has 1 saturated heterocycles. The Balaban J connectivity index is 2.17. The van der Waals surface area contributed by atoms with Crippen molar-refractivity contribution in [3.63, 3.8) is 0 Å². The first kappa shape index (κ1) is 14.5. The summed E-state index contributed by atoms with van der Waals surface area (Å²) in [4.78, 5) is 3.21. The van der Waals surface area contributed by atoms with Gasteiger partial charge in [0.25, 0.3) is 0 Å². The molecule has 1 fully saturated rings. The molecule has 1 aromatic rings. The van der Waals surface area contributed by atoms with E-state index in [0.29, 0.717) is 19.6 Å². The first-order valence-corrected chi connectivity index (χ1v) is 7.83.